The highest BCUT2D eigenvalue weighted by atomic mass is 28.1. The van der Waals surface area contributed by atoms with E-state index in [1.165, 1.54) is 16.3 Å². The maximum atomic E-state index is 3.35. The third kappa shape index (κ3) is 4.93. The van der Waals surface area contributed by atoms with Crippen LogP contribution in [0.1, 0.15) is 0 Å². The topological polar surface area (TPSA) is 36.1 Å². The minimum absolute atomic E-state index is 0.410. The van der Waals surface area contributed by atoms with Gasteiger partial charge in [-0.25, -0.2) is 0 Å². The molecule has 10 heavy (non-hydrogen) atoms. The number of hydrogen-bond acceptors (Lipinski definition) is 3. The van der Waals surface area contributed by atoms with Gasteiger partial charge < -0.3 is 16.0 Å². The third-order valence-corrected chi connectivity index (χ3v) is 1.97. The van der Waals surface area contributed by atoms with Gasteiger partial charge in [0.05, 0.1) is 6.17 Å². The van der Waals surface area contributed by atoms with Crippen molar-refractivity contribution in [2.24, 2.45) is 0 Å². The maximum absolute atomic E-state index is 3.35. The largest absolute Gasteiger partial charge is 0.314 e. The summed E-state index contributed by atoms with van der Waals surface area (Å²) in [6.45, 7) is 2.17. The summed E-state index contributed by atoms with van der Waals surface area (Å²) in [6, 6.07) is 1.33. The van der Waals surface area contributed by atoms with Gasteiger partial charge in [0.1, 0.15) is 0 Å². The summed E-state index contributed by atoms with van der Waals surface area (Å²) in [4.78, 5) is 0. The van der Waals surface area contributed by atoms with Gasteiger partial charge in [-0.3, -0.25) is 0 Å². The van der Waals surface area contributed by atoms with Crippen LogP contribution in [0.2, 0.25) is 6.04 Å². The van der Waals surface area contributed by atoms with Gasteiger partial charge >= 0.3 is 0 Å². The van der Waals surface area contributed by atoms with Gasteiger partial charge in [0, 0.05) is 16.8 Å². The van der Waals surface area contributed by atoms with Gasteiger partial charge in [-0.2, -0.15) is 0 Å². The Morgan fingerprint density at radius 2 is 1.90 bits per heavy atom. The van der Waals surface area contributed by atoms with Crippen LogP contribution in [0.4, 0.5) is 0 Å². The zero-order valence-electron chi connectivity index (χ0n) is 7.20. The molecule has 0 fully saturated rings. The Morgan fingerprint density at radius 3 is 2.30 bits per heavy atom. The predicted molar refractivity (Wildman–Crippen MR) is 49.5 cm³/mol. The summed E-state index contributed by atoms with van der Waals surface area (Å²) >= 11 is 0. The van der Waals surface area contributed by atoms with Crippen LogP contribution in [-0.2, 0) is 0 Å². The second-order valence-electron chi connectivity index (χ2n) is 2.33. The van der Waals surface area contributed by atoms with Crippen molar-refractivity contribution in [2.45, 2.75) is 12.2 Å². The van der Waals surface area contributed by atoms with Gasteiger partial charge in [0.15, 0.2) is 0 Å². The van der Waals surface area contributed by atoms with E-state index in [-0.39, 0.29) is 0 Å². The number of likely N-dealkylation sites (N-methyl/N-ethyl adjacent to an activating group) is 2. The summed E-state index contributed by atoms with van der Waals surface area (Å²) in [7, 11) is 5.22. The molecule has 3 nitrogen and oxygen atoms in total. The number of hydrogen-bond donors (Lipinski definition) is 3. The zero-order chi connectivity index (χ0) is 7.82. The average Bonchev–Trinajstić information content (AvgIpc) is 1.99. The van der Waals surface area contributed by atoms with E-state index in [2.05, 4.69) is 16.0 Å². The summed E-state index contributed by atoms with van der Waals surface area (Å²) in [5, 5.41) is 9.64. The molecule has 0 amide bonds. The molecule has 0 heterocycles. The van der Waals surface area contributed by atoms with Crippen LogP contribution in [0.25, 0.3) is 0 Å². The normalized spacial score (nSPS) is 11.1. The first-order valence-corrected chi connectivity index (χ1v) is 5.31. The molecule has 0 aromatic rings. The van der Waals surface area contributed by atoms with E-state index in [1.807, 2.05) is 14.1 Å². The van der Waals surface area contributed by atoms with Crippen LogP contribution in [-0.4, -0.2) is 43.6 Å². The molecule has 62 valence electrons. The quantitative estimate of drug-likeness (QED) is 0.243. The number of rotatable bonds is 6. The van der Waals surface area contributed by atoms with Crippen LogP contribution in [0.15, 0.2) is 0 Å². The van der Waals surface area contributed by atoms with Gasteiger partial charge in [0.25, 0.3) is 0 Å². The fourth-order valence-corrected chi connectivity index (χ4v) is 1.13. The lowest BCUT2D eigenvalue weighted by molar-refractivity contribution is 0.463. The molecule has 0 spiro atoms. The van der Waals surface area contributed by atoms with Gasteiger partial charge in [-0.05, 0) is 20.6 Å². The maximum Gasteiger partial charge on any atom is 0.0695 e. The minimum Gasteiger partial charge on any atom is -0.314 e. The molecule has 0 unspecified atom stereocenters. The molecule has 0 aliphatic carbocycles. The van der Waals surface area contributed by atoms with E-state index in [1.54, 1.807) is 0 Å². The summed E-state index contributed by atoms with van der Waals surface area (Å²) < 4.78 is 0. The molecule has 0 saturated heterocycles. The Hall–Kier alpha value is 0.0969. The first-order chi connectivity index (χ1) is 4.85. The van der Waals surface area contributed by atoms with Crippen molar-refractivity contribution >= 4 is 10.2 Å². The lowest BCUT2D eigenvalue weighted by Gasteiger charge is -2.14. The molecule has 0 aromatic carbocycles. The van der Waals surface area contributed by atoms with Crippen LogP contribution >= 0.6 is 0 Å². The SMILES string of the molecule is CNC(CNCC[SiH3])NC. The fraction of sp³-hybridized carbons (Fsp3) is 1.00. The highest BCUT2D eigenvalue weighted by Gasteiger charge is 1.98. The Kier molecular flexibility index (Phi) is 7.28. The van der Waals surface area contributed by atoms with E-state index in [4.69, 9.17) is 0 Å². The third-order valence-electron chi connectivity index (χ3n) is 1.47. The van der Waals surface area contributed by atoms with Crippen molar-refractivity contribution in [3.8, 4) is 0 Å². The molecule has 0 rings (SSSR count). The summed E-state index contributed by atoms with van der Waals surface area (Å²) in [5.74, 6) is 0. The smallest absolute Gasteiger partial charge is 0.0695 e. The van der Waals surface area contributed by atoms with E-state index >= 15 is 0 Å². The molecule has 0 aliphatic heterocycles. The summed E-state index contributed by atoms with van der Waals surface area (Å²) in [5.41, 5.74) is 0. The second-order valence-corrected chi connectivity index (χ2v) is 3.33. The van der Waals surface area contributed by atoms with Crippen molar-refractivity contribution in [1.82, 2.24) is 16.0 Å². The first kappa shape index (κ1) is 10.1. The Morgan fingerprint density at radius 1 is 1.30 bits per heavy atom. The lowest BCUT2D eigenvalue weighted by Crippen LogP contribution is -2.45. The molecular weight excluding hydrogens is 142 g/mol. The molecule has 4 heteroatoms. The molecule has 0 saturated carbocycles. The van der Waals surface area contributed by atoms with Crippen LogP contribution in [0.5, 0.6) is 0 Å². The van der Waals surface area contributed by atoms with E-state index in [0.717, 1.165) is 13.1 Å². The van der Waals surface area contributed by atoms with Gasteiger partial charge in [-0.15, -0.1) is 0 Å². The molecule has 0 atom stereocenters. The first-order valence-electron chi connectivity index (χ1n) is 3.90. The molecule has 3 N–H and O–H groups in total. The van der Waals surface area contributed by atoms with Crippen LogP contribution in [0, 0.1) is 0 Å². The zero-order valence-corrected chi connectivity index (χ0v) is 9.20. The molecule has 0 radical (unpaired) electrons. The van der Waals surface area contributed by atoms with Crippen molar-refractivity contribution in [3.05, 3.63) is 0 Å². The van der Waals surface area contributed by atoms with Crippen molar-refractivity contribution in [1.29, 1.82) is 0 Å². The number of nitrogens with one attached hydrogen (secondary N) is 3. The molecule has 0 aromatic heterocycles. The van der Waals surface area contributed by atoms with Crippen molar-refractivity contribution in [3.63, 3.8) is 0 Å². The van der Waals surface area contributed by atoms with Gasteiger partial charge in [-0.1, -0.05) is 6.04 Å². The lowest BCUT2D eigenvalue weighted by atomic mass is 10.5. The Balaban J connectivity index is 3.09. The molecule has 0 aliphatic rings. The second kappa shape index (κ2) is 7.21. The minimum atomic E-state index is 0.410. The van der Waals surface area contributed by atoms with Crippen molar-refractivity contribution < 1.29 is 0 Å². The summed E-state index contributed by atoms with van der Waals surface area (Å²) in [6.07, 6.45) is 0.410. The van der Waals surface area contributed by atoms with Crippen molar-refractivity contribution in [2.75, 3.05) is 27.2 Å². The molecular formula is C6H19N3Si. The monoisotopic (exact) mass is 161 g/mol. The van der Waals surface area contributed by atoms with E-state index in [9.17, 15) is 0 Å². The fourth-order valence-electron chi connectivity index (χ4n) is 0.772. The predicted octanol–water partition coefficient (Wildman–Crippen LogP) is -1.88. The standard InChI is InChI=1S/C6H19N3Si/c1-7-6(8-2)5-9-3-4-10/h6-9H,3-5H2,1-2,10H3. The van der Waals surface area contributed by atoms with E-state index < -0.39 is 0 Å². The highest BCUT2D eigenvalue weighted by molar-refractivity contribution is 6.08. The van der Waals surface area contributed by atoms with Crippen LogP contribution in [0.3, 0.4) is 0 Å². The van der Waals surface area contributed by atoms with E-state index in [0.29, 0.717) is 6.17 Å². The van der Waals surface area contributed by atoms with Crippen LogP contribution < -0.4 is 16.0 Å². The molecule has 0 bridgehead atoms. The highest BCUT2D eigenvalue weighted by Crippen LogP contribution is 1.71. The Labute approximate surface area is 66.4 Å². The van der Waals surface area contributed by atoms with Gasteiger partial charge in [0.2, 0.25) is 0 Å². The Bertz CT molecular complexity index is 66.0. The average molecular weight is 161 g/mol.